The van der Waals surface area contributed by atoms with Crippen LogP contribution in [0.4, 0.5) is 11.4 Å². The molecule has 0 atom stereocenters. The molecule has 0 heterocycles. The van der Waals surface area contributed by atoms with E-state index < -0.39 is 15.9 Å². The summed E-state index contributed by atoms with van der Waals surface area (Å²) in [5, 5.41) is 5.26. The van der Waals surface area contributed by atoms with Crippen molar-refractivity contribution in [3.63, 3.8) is 0 Å². The molecular formula is C18H21N3O4S. The highest BCUT2D eigenvalue weighted by Crippen LogP contribution is 2.16. The van der Waals surface area contributed by atoms with Gasteiger partial charge in [0.25, 0.3) is 0 Å². The zero-order chi connectivity index (χ0) is 19.2. The van der Waals surface area contributed by atoms with Gasteiger partial charge in [0, 0.05) is 18.3 Å². The molecule has 2 rings (SSSR count). The molecule has 0 radical (unpaired) electrons. The molecule has 0 aliphatic carbocycles. The van der Waals surface area contributed by atoms with Crippen LogP contribution in [-0.2, 0) is 26.0 Å². The van der Waals surface area contributed by atoms with E-state index in [0.717, 1.165) is 12.0 Å². The zero-order valence-corrected chi connectivity index (χ0v) is 15.4. The summed E-state index contributed by atoms with van der Waals surface area (Å²) in [6, 6.07) is 13.0. The molecule has 2 amide bonds. The van der Waals surface area contributed by atoms with Crippen LogP contribution in [0.3, 0.4) is 0 Å². The number of rotatable bonds is 7. The van der Waals surface area contributed by atoms with Gasteiger partial charge in [0.05, 0.1) is 11.4 Å². The third-order valence-corrected chi connectivity index (χ3v) is 5.00. The van der Waals surface area contributed by atoms with Gasteiger partial charge in [0.15, 0.2) is 0 Å². The van der Waals surface area contributed by atoms with E-state index in [0.29, 0.717) is 11.4 Å². The van der Waals surface area contributed by atoms with Crippen LogP contribution in [0.5, 0.6) is 0 Å². The first-order chi connectivity index (χ1) is 12.3. The largest absolute Gasteiger partial charge is 0.326 e. The fourth-order valence-electron chi connectivity index (χ4n) is 2.31. The summed E-state index contributed by atoms with van der Waals surface area (Å²) in [7, 11) is -3.83. The van der Waals surface area contributed by atoms with Crippen molar-refractivity contribution in [3.05, 3.63) is 54.1 Å². The van der Waals surface area contributed by atoms with Gasteiger partial charge in [-0.15, -0.1) is 0 Å². The van der Waals surface area contributed by atoms with Gasteiger partial charge in [0.2, 0.25) is 21.8 Å². The molecular weight excluding hydrogens is 354 g/mol. The Morgan fingerprint density at radius 1 is 0.962 bits per heavy atom. The second-order valence-corrected chi connectivity index (χ2v) is 7.36. The number of aryl methyl sites for hydroxylation is 1. The first kappa shape index (κ1) is 19.6. The molecule has 2 aromatic carbocycles. The number of carbonyl (C=O) groups is 2. The van der Waals surface area contributed by atoms with E-state index >= 15 is 0 Å². The van der Waals surface area contributed by atoms with E-state index in [2.05, 4.69) is 15.4 Å². The number of benzene rings is 2. The molecule has 0 unspecified atom stereocenters. The summed E-state index contributed by atoms with van der Waals surface area (Å²) < 4.78 is 26.8. The van der Waals surface area contributed by atoms with E-state index in [-0.39, 0.29) is 17.3 Å². The molecule has 7 nitrogen and oxygen atoms in total. The SMILES string of the molecule is CCc1ccccc1NC(=O)CNS(=O)(=O)c1ccc(NC(C)=O)cc1. The van der Waals surface area contributed by atoms with E-state index in [1.54, 1.807) is 12.1 Å². The van der Waals surface area contributed by atoms with E-state index in [1.165, 1.54) is 31.2 Å². The zero-order valence-electron chi connectivity index (χ0n) is 14.6. The van der Waals surface area contributed by atoms with Crippen molar-refractivity contribution in [2.75, 3.05) is 17.2 Å². The second-order valence-electron chi connectivity index (χ2n) is 5.59. The fraction of sp³-hybridized carbons (Fsp3) is 0.222. The number of hydrogen-bond acceptors (Lipinski definition) is 4. The van der Waals surface area contributed by atoms with Crippen LogP contribution < -0.4 is 15.4 Å². The van der Waals surface area contributed by atoms with Gasteiger partial charge in [-0.05, 0) is 42.3 Å². The second kappa shape index (κ2) is 8.59. The molecule has 0 spiro atoms. The maximum Gasteiger partial charge on any atom is 0.241 e. The van der Waals surface area contributed by atoms with Gasteiger partial charge in [-0.25, -0.2) is 13.1 Å². The Labute approximate surface area is 152 Å². The molecule has 0 aromatic heterocycles. The van der Waals surface area contributed by atoms with Crippen molar-refractivity contribution in [1.29, 1.82) is 0 Å². The number of carbonyl (C=O) groups excluding carboxylic acids is 2. The van der Waals surface area contributed by atoms with E-state index in [4.69, 9.17) is 0 Å². The first-order valence-corrected chi connectivity index (χ1v) is 9.55. The van der Waals surface area contributed by atoms with Crippen LogP contribution in [0.25, 0.3) is 0 Å². The average Bonchev–Trinajstić information content (AvgIpc) is 2.60. The van der Waals surface area contributed by atoms with Crippen molar-refractivity contribution in [2.45, 2.75) is 25.2 Å². The average molecular weight is 375 g/mol. The minimum atomic E-state index is -3.83. The van der Waals surface area contributed by atoms with Crippen LogP contribution in [0, 0.1) is 0 Å². The molecule has 0 fully saturated rings. The smallest absolute Gasteiger partial charge is 0.241 e. The van der Waals surface area contributed by atoms with Gasteiger partial charge in [-0.2, -0.15) is 0 Å². The monoisotopic (exact) mass is 375 g/mol. The number of amides is 2. The molecule has 26 heavy (non-hydrogen) atoms. The van der Waals surface area contributed by atoms with Crippen LogP contribution in [-0.4, -0.2) is 26.8 Å². The molecule has 8 heteroatoms. The molecule has 0 aliphatic rings. The molecule has 3 N–H and O–H groups in total. The van der Waals surface area contributed by atoms with Crippen molar-refractivity contribution < 1.29 is 18.0 Å². The molecule has 0 saturated carbocycles. The Bertz CT molecular complexity index is 893. The highest BCUT2D eigenvalue weighted by atomic mass is 32.2. The fourth-order valence-corrected chi connectivity index (χ4v) is 3.29. The van der Waals surface area contributed by atoms with Gasteiger partial charge in [-0.3, -0.25) is 9.59 Å². The molecule has 138 valence electrons. The lowest BCUT2D eigenvalue weighted by Gasteiger charge is -2.11. The minimum absolute atomic E-state index is 0.00774. The molecule has 0 bridgehead atoms. The number of sulfonamides is 1. The van der Waals surface area contributed by atoms with Crippen molar-refractivity contribution in [1.82, 2.24) is 4.72 Å². The quantitative estimate of drug-likeness (QED) is 0.689. The first-order valence-electron chi connectivity index (χ1n) is 8.07. The van der Waals surface area contributed by atoms with Crippen LogP contribution in [0.1, 0.15) is 19.4 Å². The molecule has 0 aliphatic heterocycles. The summed E-state index contributed by atoms with van der Waals surface area (Å²) in [5.74, 6) is -0.702. The standard InChI is InChI=1S/C18H21N3O4S/c1-3-14-6-4-5-7-17(14)21-18(23)12-19-26(24,25)16-10-8-15(9-11-16)20-13(2)22/h4-11,19H,3,12H2,1-2H3,(H,20,22)(H,21,23). The predicted octanol–water partition coefficient (Wildman–Crippen LogP) is 2.12. The highest BCUT2D eigenvalue weighted by molar-refractivity contribution is 7.89. The topological polar surface area (TPSA) is 104 Å². The predicted molar refractivity (Wildman–Crippen MR) is 100 cm³/mol. The van der Waals surface area contributed by atoms with Crippen LogP contribution in [0.15, 0.2) is 53.4 Å². The number of hydrogen-bond donors (Lipinski definition) is 3. The summed E-state index contributed by atoms with van der Waals surface area (Å²) in [5.41, 5.74) is 2.13. The number of nitrogens with one attached hydrogen (secondary N) is 3. The summed E-state index contributed by atoms with van der Waals surface area (Å²) in [6.45, 7) is 2.95. The third-order valence-electron chi connectivity index (χ3n) is 3.58. The van der Waals surface area contributed by atoms with Crippen LogP contribution in [0.2, 0.25) is 0 Å². The summed E-state index contributed by atoms with van der Waals surface area (Å²) >= 11 is 0. The van der Waals surface area contributed by atoms with Gasteiger partial charge >= 0.3 is 0 Å². The highest BCUT2D eigenvalue weighted by Gasteiger charge is 2.16. The van der Waals surface area contributed by atoms with Gasteiger partial charge in [0.1, 0.15) is 0 Å². The Kier molecular flexibility index (Phi) is 6.48. The van der Waals surface area contributed by atoms with Crippen LogP contribution >= 0.6 is 0 Å². The van der Waals surface area contributed by atoms with Crippen molar-refractivity contribution in [2.24, 2.45) is 0 Å². The third kappa shape index (κ3) is 5.40. The lowest BCUT2D eigenvalue weighted by Crippen LogP contribution is -2.33. The van der Waals surface area contributed by atoms with Gasteiger partial charge < -0.3 is 10.6 Å². The van der Waals surface area contributed by atoms with Crippen molar-refractivity contribution in [3.8, 4) is 0 Å². The maximum atomic E-state index is 12.3. The summed E-state index contributed by atoms with van der Waals surface area (Å²) in [6.07, 6.45) is 0.753. The van der Waals surface area contributed by atoms with E-state index in [1.807, 2.05) is 19.1 Å². The van der Waals surface area contributed by atoms with Gasteiger partial charge in [-0.1, -0.05) is 25.1 Å². The lowest BCUT2D eigenvalue weighted by atomic mass is 10.1. The number of para-hydroxylation sites is 1. The normalized spacial score (nSPS) is 11.0. The Hall–Kier alpha value is -2.71. The minimum Gasteiger partial charge on any atom is -0.326 e. The Balaban J connectivity index is 1.98. The Morgan fingerprint density at radius 3 is 2.23 bits per heavy atom. The summed E-state index contributed by atoms with van der Waals surface area (Å²) in [4.78, 5) is 23.0. The maximum absolute atomic E-state index is 12.3. The molecule has 0 saturated heterocycles. The van der Waals surface area contributed by atoms with E-state index in [9.17, 15) is 18.0 Å². The Morgan fingerprint density at radius 2 is 1.62 bits per heavy atom. The molecule has 2 aromatic rings. The number of anilines is 2. The lowest BCUT2D eigenvalue weighted by molar-refractivity contribution is -0.115. The van der Waals surface area contributed by atoms with Crippen molar-refractivity contribution >= 4 is 33.2 Å².